The number of hydrogen-bond acceptors (Lipinski definition) is 4. The Hall–Kier alpha value is -0.820. The lowest BCUT2D eigenvalue weighted by Gasteiger charge is -2.28. The van der Waals surface area contributed by atoms with E-state index in [2.05, 4.69) is 4.72 Å². The van der Waals surface area contributed by atoms with Crippen molar-refractivity contribution in [1.29, 1.82) is 0 Å². The summed E-state index contributed by atoms with van der Waals surface area (Å²) in [6.07, 6.45) is 2.43. The Labute approximate surface area is 124 Å². The molecule has 20 heavy (non-hydrogen) atoms. The van der Waals surface area contributed by atoms with Crippen LogP contribution in [0.25, 0.3) is 0 Å². The van der Waals surface area contributed by atoms with Gasteiger partial charge in [0.15, 0.2) is 0 Å². The molecule has 1 aliphatic rings. The highest BCUT2D eigenvalue weighted by molar-refractivity contribution is 7.89. The van der Waals surface area contributed by atoms with Crippen LogP contribution in [0.15, 0.2) is 23.1 Å². The molecule has 0 saturated heterocycles. The molecule has 1 fully saturated rings. The summed E-state index contributed by atoms with van der Waals surface area (Å²) in [5, 5.41) is 10.3. The first kappa shape index (κ1) is 15.6. The van der Waals surface area contributed by atoms with Crippen molar-refractivity contribution < 1.29 is 18.3 Å². The predicted octanol–water partition coefficient (Wildman–Crippen LogP) is 1.93. The van der Waals surface area contributed by atoms with Gasteiger partial charge < -0.3 is 9.84 Å². The van der Waals surface area contributed by atoms with Crippen molar-refractivity contribution in [3.8, 4) is 5.75 Å². The topological polar surface area (TPSA) is 75.6 Å². The minimum atomic E-state index is -3.75. The molecule has 0 aliphatic heterocycles. The molecule has 0 aromatic heterocycles. The molecule has 0 heterocycles. The molecule has 1 aromatic carbocycles. The van der Waals surface area contributed by atoms with E-state index in [1.165, 1.54) is 25.3 Å². The normalized spacial score (nSPS) is 23.6. The largest absolute Gasteiger partial charge is 0.495 e. The quantitative estimate of drug-likeness (QED) is 0.889. The first-order valence-electron chi connectivity index (χ1n) is 6.48. The number of aliphatic hydroxyl groups is 1. The third-order valence-electron chi connectivity index (χ3n) is 3.45. The van der Waals surface area contributed by atoms with Crippen LogP contribution in [0.1, 0.15) is 25.7 Å². The molecular formula is C13H18ClNO4S. The first-order valence-corrected chi connectivity index (χ1v) is 8.34. The molecule has 5 nitrogen and oxygen atoms in total. The van der Waals surface area contributed by atoms with Gasteiger partial charge in [0.1, 0.15) is 10.6 Å². The molecule has 0 amide bonds. The Balaban J connectivity index is 2.26. The molecule has 2 atom stereocenters. The smallest absolute Gasteiger partial charge is 0.244 e. The van der Waals surface area contributed by atoms with E-state index >= 15 is 0 Å². The fourth-order valence-corrected chi connectivity index (χ4v) is 3.99. The fourth-order valence-electron chi connectivity index (χ4n) is 2.37. The lowest BCUT2D eigenvalue weighted by Crippen LogP contribution is -2.45. The van der Waals surface area contributed by atoms with E-state index in [1.54, 1.807) is 0 Å². The fraction of sp³-hybridized carbons (Fsp3) is 0.538. The highest BCUT2D eigenvalue weighted by atomic mass is 35.5. The monoisotopic (exact) mass is 319 g/mol. The number of methoxy groups -OCH3 is 1. The minimum Gasteiger partial charge on any atom is -0.495 e. The van der Waals surface area contributed by atoms with Crippen LogP contribution in [-0.2, 0) is 10.0 Å². The Morgan fingerprint density at radius 3 is 2.70 bits per heavy atom. The second-order valence-corrected chi connectivity index (χ2v) is 6.99. The summed E-state index contributed by atoms with van der Waals surface area (Å²) in [5.41, 5.74) is 0. The van der Waals surface area contributed by atoms with Crippen LogP contribution in [0.3, 0.4) is 0 Å². The molecule has 0 bridgehead atoms. The van der Waals surface area contributed by atoms with E-state index < -0.39 is 22.2 Å². The Bertz CT molecular complexity index is 576. The third-order valence-corrected chi connectivity index (χ3v) is 5.22. The van der Waals surface area contributed by atoms with Crippen molar-refractivity contribution in [3.05, 3.63) is 23.2 Å². The van der Waals surface area contributed by atoms with Gasteiger partial charge in [-0.15, -0.1) is 0 Å². The highest BCUT2D eigenvalue weighted by Crippen LogP contribution is 2.28. The molecule has 2 rings (SSSR count). The highest BCUT2D eigenvalue weighted by Gasteiger charge is 2.29. The van der Waals surface area contributed by atoms with Crippen LogP contribution in [0.4, 0.5) is 0 Å². The van der Waals surface area contributed by atoms with E-state index in [0.29, 0.717) is 17.9 Å². The van der Waals surface area contributed by atoms with Gasteiger partial charge in [-0.3, -0.25) is 0 Å². The van der Waals surface area contributed by atoms with Crippen LogP contribution in [0.5, 0.6) is 5.75 Å². The SMILES string of the molecule is COc1cc(Cl)ccc1S(=O)(=O)N[C@@H]1CCCC[C@H]1O. The summed E-state index contributed by atoms with van der Waals surface area (Å²) < 4.78 is 32.4. The van der Waals surface area contributed by atoms with Gasteiger partial charge in [-0.05, 0) is 25.0 Å². The standard InChI is InChI=1S/C13H18ClNO4S/c1-19-12-8-9(14)6-7-13(12)20(17,18)15-10-4-2-3-5-11(10)16/h6-8,10-11,15-16H,2-5H2,1H3/t10-,11-/m1/s1. The third kappa shape index (κ3) is 3.44. The zero-order valence-corrected chi connectivity index (χ0v) is 12.7. The van der Waals surface area contributed by atoms with Crippen LogP contribution in [0.2, 0.25) is 5.02 Å². The van der Waals surface area contributed by atoms with Crippen LogP contribution in [0, 0.1) is 0 Å². The molecule has 1 saturated carbocycles. The number of ether oxygens (including phenoxy) is 1. The average Bonchev–Trinajstić information content (AvgIpc) is 2.40. The molecular weight excluding hydrogens is 302 g/mol. The van der Waals surface area contributed by atoms with Gasteiger partial charge >= 0.3 is 0 Å². The average molecular weight is 320 g/mol. The molecule has 0 unspecified atom stereocenters. The number of hydrogen-bond donors (Lipinski definition) is 2. The van der Waals surface area contributed by atoms with Crippen LogP contribution >= 0.6 is 11.6 Å². The maximum absolute atomic E-state index is 12.4. The number of rotatable bonds is 4. The molecule has 0 radical (unpaired) electrons. The van der Waals surface area contributed by atoms with Gasteiger partial charge in [-0.1, -0.05) is 24.4 Å². The van der Waals surface area contributed by atoms with Crippen molar-refractivity contribution in [1.82, 2.24) is 4.72 Å². The minimum absolute atomic E-state index is 0.0298. The van der Waals surface area contributed by atoms with E-state index in [1.807, 2.05) is 0 Å². The molecule has 112 valence electrons. The second kappa shape index (κ2) is 6.30. The number of nitrogens with one attached hydrogen (secondary N) is 1. The summed E-state index contributed by atoms with van der Waals surface area (Å²) in [7, 11) is -2.36. The summed E-state index contributed by atoms with van der Waals surface area (Å²) in [6.45, 7) is 0. The van der Waals surface area contributed by atoms with Crippen LogP contribution in [-0.4, -0.2) is 32.8 Å². The predicted molar refractivity (Wildman–Crippen MR) is 76.6 cm³/mol. The van der Waals surface area contributed by atoms with Gasteiger partial charge in [0, 0.05) is 17.1 Å². The zero-order valence-electron chi connectivity index (χ0n) is 11.2. The van der Waals surface area contributed by atoms with Crippen molar-refractivity contribution in [2.45, 2.75) is 42.7 Å². The van der Waals surface area contributed by atoms with Gasteiger partial charge in [0.25, 0.3) is 0 Å². The molecule has 2 N–H and O–H groups in total. The lowest BCUT2D eigenvalue weighted by molar-refractivity contribution is 0.101. The van der Waals surface area contributed by atoms with Crippen molar-refractivity contribution >= 4 is 21.6 Å². The van der Waals surface area contributed by atoms with Gasteiger partial charge in [-0.2, -0.15) is 0 Å². The molecule has 1 aliphatic carbocycles. The molecule has 7 heteroatoms. The second-order valence-electron chi connectivity index (χ2n) is 4.87. The summed E-state index contributed by atoms with van der Waals surface area (Å²) in [6, 6.07) is 3.90. The maximum atomic E-state index is 12.4. The van der Waals surface area contributed by atoms with Crippen molar-refractivity contribution in [3.63, 3.8) is 0 Å². The molecule has 0 spiro atoms. The summed E-state index contributed by atoms with van der Waals surface area (Å²) in [5.74, 6) is 0.190. The van der Waals surface area contributed by atoms with Crippen LogP contribution < -0.4 is 9.46 Å². The van der Waals surface area contributed by atoms with Crippen molar-refractivity contribution in [2.75, 3.05) is 7.11 Å². The Morgan fingerprint density at radius 1 is 1.35 bits per heavy atom. The van der Waals surface area contributed by atoms with Gasteiger partial charge in [-0.25, -0.2) is 13.1 Å². The number of aliphatic hydroxyl groups excluding tert-OH is 1. The van der Waals surface area contributed by atoms with Crippen molar-refractivity contribution in [2.24, 2.45) is 0 Å². The Kier molecular flexibility index (Phi) is 4.90. The van der Waals surface area contributed by atoms with E-state index in [-0.39, 0.29) is 10.6 Å². The first-order chi connectivity index (χ1) is 9.44. The lowest BCUT2D eigenvalue weighted by atomic mass is 9.93. The molecule has 1 aromatic rings. The number of benzene rings is 1. The summed E-state index contributed by atoms with van der Waals surface area (Å²) in [4.78, 5) is 0.0298. The maximum Gasteiger partial charge on any atom is 0.244 e. The van der Waals surface area contributed by atoms with E-state index in [9.17, 15) is 13.5 Å². The number of sulfonamides is 1. The van der Waals surface area contributed by atoms with Gasteiger partial charge in [0.2, 0.25) is 10.0 Å². The zero-order chi connectivity index (χ0) is 14.8. The van der Waals surface area contributed by atoms with E-state index in [4.69, 9.17) is 16.3 Å². The van der Waals surface area contributed by atoms with Gasteiger partial charge in [0.05, 0.1) is 13.2 Å². The Morgan fingerprint density at radius 2 is 2.05 bits per heavy atom. The number of halogens is 1. The summed E-state index contributed by atoms with van der Waals surface area (Å²) >= 11 is 5.83. The van der Waals surface area contributed by atoms with E-state index in [0.717, 1.165) is 12.8 Å².